The summed E-state index contributed by atoms with van der Waals surface area (Å²) in [5.74, 6) is 1.06. The van der Waals surface area contributed by atoms with Crippen LogP contribution in [0, 0.1) is 0 Å². The Morgan fingerprint density at radius 3 is 1.77 bits per heavy atom. The summed E-state index contributed by atoms with van der Waals surface area (Å²) in [5, 5.41) is 21.1. The van der Waals surface area contributed by atoms with E-state index in [9.17, 15) is 10.0 Å². The Labute approximate surface area is 154 Å². The van der Waals surface area contributed by atoms with E-state index in [1.165, 1.54) is 0 Å². The van der Waals surface area contributed by atoms with Crippen molar-refractivity contribution in [3.63, 3.8) is 0 Å². The van der Waals surface area contributed by atoms with Crippen LogP contribution in [0.3, 0.4) is 0 Å². The fourth-order valence-electron chi connectivity index (χ4n) is 2.95. The summed E-state index contributed by atoms with van der Waals surface area (Å²) in [4.78, 5) is 0. The summed E-state index contributed by atoms with van der Waals surface area (Å²) in [6, 6.07) is 25.3. The maximum atomic E-state index is 9.39. The largest absolute Gasteiger partial charge is 0.532 e. The second kappa shape index (κ2) is 7.78. The maximum absolute atomic E-state index is 9.39. The van der Waals surface area contributed by atoms with Gasteiger partial charge in [0.2, 0.25) is 0 Å². The highest BCUT2D eigenvalue weighted by atomic mass is 28.4. The van der Waals surface area contributed by atoms with Crippen molar-refractivity contribution >= 4 is 31.3 Å². The molecule has 0 saturated heterocycles. The molecule has 0 spiro atoms. The van der Waals surface area contributed by atoms with Crippen molar-refractivity contribution in [2.75, 3.05) is 7.11 Å². The number of hydrogen-bond acceptors (Lipinski definition) is 4. The van der Waals surface area contributed by atoms with Crippen LogP contribution in [-0.4, -0.2) is 32.6 Å². The van der Waals surface area contributed by atoms with Gasteiger partial charge in [0.25, 0.3) is 0 Å². The van der Waals surface area contributed by atoms with E-state index in [0.29, 0.717) is 17.0 Å². The van der Waals surface area contributed by atoms with E-state index in [1.54, 1.807) is 25.3 Å². The van der Waals surface area contributed by atoms with Gasteiger partial charge in [0.1, 0.15) is 5.75 Å². The molecule has 0 bridgehead atoms. The highest BCUT2D eigenvalue weighted by Gasteiger charge is 2.37. The first-order chi connectivity index (χ1) is 12.5. The minimum Gasteiger partial charge on any atom is -0.532 e. The molecule has 2 N–H and O–H groups in total. The molecule has 3 rings (SSSR count). The van der Waals surface area contributed by atoms with Gasteiger partial charge in [0, 0.05) is 0 Å². The fourth-order valence-corrected chi connectivity index (χ4v) is 5.78. The van der Waals surface area contributed by atoms with Crippen LogP contribution in [0.25, 0.3) is 0 Å². The van der Waals surface area contributed by atoms with E-state index < -0.39 is 15.4 Å². The van der Waals surface area contributed by atoms with E-state index in [0.717, 1.165) is 10.4 Å². The Balaban J connectivity index is 2.08. The molecule has 26 heavy (non-hydrogen) atoms. The Bertz CT molecular complexity index is 817. The molecule has 0 aromatic heterocycles. The monoisotopic (exact) mass is 364 g/mol. The zero-order chi connectivity index (χ0) is 18.6. The first kappa shape index (κ1) is 18.3. The van der Waals surface area contributed by atoms with Crippen LogP contribution in [0.15, 0.2) is 78.9 Å². The molecule has 4 nitrogen and oxygen atoms in total. The van der Waals surface area contributed by atoms with Gasteiger partial charge in [-0.25, -0.2) is 0 Å². The lowest BCUT2D eigenvalue weighted by Gasteiger charge is -2.30. The van der Waals surface area contributed by atoms with Crippen LogP contribution in [0.2, 0.25) is 6.55 Å². The number of benzene rings is 3. The average molecular weight is 364 g/mol. The van der Waals surface area contributed by atoms with Gasteiger partial charge >= 0.3 is 15.4 Å². The lowest BCUT2D eigenvalue weighted by atomic mass is 9.80. The molecule has 0 aliphatic heterocycles. The molecule has 3 aromatic rings. The Kier molecular flexibility index (Phi) is 5.47. The molecular weight excluding hydrogens is 343 g/mol. The second-order valence-electron chi connectivity index (χ2n) is 6.15. The molecule has 0 fully saturated rings. The van der Waals surface area contributed by atoms with Gasteiger partial charge in [-0.2, -0.15) is 0 Å². The molecule has 0 saturated carbocycles. The smallest absolute Gasteiger partial charge is 0.488 e. The van der Waals surface area contributed by atoms with Gasteiger partial charge in [0.05, 0.1) is 7.11 Å². The van der Waals surface area contributed by atoms with Crippen LogP contribution in [-0.2, 0) is 0 Å². The van der Waals surface area contributed by atoms with Crippen LogP contribution in [0.1, 0.15) is 0 Å². The van der Waals surface area contributed by atoms with Crippen molar-refractivity contribution in [2.24, 2.45) is 0 Å². The van der Waals surface area contributed by atoms with Crippen LogP contribution < -0.4 is 25.0 Å². The highest BCUT2D eigenvalue weighted by Crippen LogP contribution is 2.28. The molecule has 0 aliphatic carbocycles. The molecule has 0 radical (unpaired) electrons. The van der Waals surface area contributed by atoms with Crippen LogP contribution in [0.5, 0.6) is 11.5 Å². The van der Waals surface area contributed by atoms with Crippen molar-refractivity contribution in [3.05, 3.63) is 78.9 Å². The summed E-state index contributed by atoms with van der Waals surface area (Å²) in [6.45, 7) is 2.14. The number of ether oxygens (including phenoxy) is 1. The molecule has 0 atom stereocenters. The molecule has 6 heteroatoms. The van der Waals surface area contributed by atoms with Gasteiger partial charge < -0.3 is 19.2 Å². The van der Waals surface area contributed by atoms with Crippen molar-refractivity contribution in [1.82, 2.24) is 0 Å². The van der Waals surface area contributed by atoms with Gasteiger partial charge in [-0.15, -0.1) is 0 Å². The first-order valence-corrected chi connectivity index (χ1v) is 10.8. The van der Waals surface area contributed by atoms with E-state index in [-0.39, 0.29) is 0 Å². The number of rotatable bonds is 6. The van der Waals surface area contributed by atoms with E-state index in [2.05, 4.69) is 30.8 Å². The highest BCUT2D eigenvalue weighted by molar-refractivity contribution is 6.97. The summed E-state index contributed by atoms with van der Waals surface area (Å²) >= 11 is 0. The number of hydrogen-bond donors (Lipinski definition) is 2. The van der Waals surface area contributed by atoms with Gasteiger partial charge in [-0.1, -0.05) is 66.7 Å². The van der Waals surface area contributed by atoms with E-state index in [1.807, 2.05) is 36.4 Å². The molecule has 0 heterocycles. The fraction of sp³-hybridized carbons (Fsp3) is 0.100. The minimum atomic E-state index is -2.54. The SMILES string of the molecule is COc1cc(B(O)O)ccc1O[Si](C)(c1ccccc1)c1ccccc1. The van der Waals surface area contributed by atoms with Crippen LogP contribution >= 0.6 is 0 Å². The lowest BCUT2D eigenvalue weighted by molar-refractivity contribution is 0.392. The predicted molar refractivity (Wildman–Crippen MR) is 107 cm³/mol. The third-order valence-electron chi connectivity index (χ3n) is 4.45. The topological polar surface area (TPSA) is 58.9 Å². The quantitative estimate of drug-likeness (QED) is 0.645. The molecule has 132 valence electrons. The number of methoxy groups -OCH3 is 1. The predicted octanol–water partition coefficient (Wildman–Crippen LogP) is 1.14. The van der Waals surface area contributed by atoms with Gasteiger partial charge in [0.15, 0.2) is 5.75 Å². The zero-order valence-electron chi connectivity index (χ0n) is 14.8. The maximum Gasteiger partial charge on any atom is 0.488 e. The van der Waals surface area contributed by atoms with Crippen LogP contribution in [0.4, 0.5) is 0 Å². The Morgan fingerprint density at radius 2 is 1.31 bits per heavy atom. The van der Waals surface area contributed by atoms with Crippen molar-refractivity contribution < 1.29 is 19.2 Å². The normalized spacial score (nSPS) is 11.1. The third-order valence-corrected chi connectivity index (χ3v) is 7.95. The molecule has 0 unspecified atom stereocenters. The summed E-state index contributed by atoms with van der Waals surface area (Å²) in [5.41, 5.74) is 0.358. The zero-order valence-corrected chi connectivity index (χ0v) is 15.8. The van der Waals surface area contributed by atoms with E-state index >= 15 is 0 Å². The van der Waals surface area contributed by atoms with Gasteiger partial charge in [-0.3, -0.25) is 0 Å². The molecular formula is C20H21BO4Si. The molecule has 0 aliphatic rings. The minimum absolute atomic E-state index is 0.358. The van der Waals surface area contributed by atoms with Crippen molar-refractivity contribution in [2.45, 2.75) is 6.55 Å². The van der Waals surface area contributed by atoms with Crippen molar-refractivity contribution in [1.29, 1.82) is 0 Å². The standard InChI is InChI=1S/C20H21BO4Si/c1-24-20-15-16(21(22)23)13-14-19(20)25-26(2,17-9-5-3-6-10-17)18-11-7-4-8-12-18/h3-15,22-23H,1-2H3. The molecule has 3 aromatic carbocycles. The van der Waals surface area contributed by atoms with E-state index in [4.69, 9.17) is 9.16 Å². The Hall–Kier alpha value is -2.54. The lowest BCUT2D eigenvalue weighted by Crippen LogP contribution is -2.60. The second-order valence-corrected chi connectivity index (χ2v) is 9.58. The first-order valence-electron chi connectivity index (χ1n) is 8.39. The summed E-state index contributed by atoms with van der Waals surface area (Å²) < 4.78 is 12.0. The third kappa shape index (κ3) is 3.67. The average Bonchev–Trinajstić information content (AvgIpc) is 2.69. The summed E-state index contributed by atoms with van der Waals surface area (Å²) in [6.07, 6.45) is 0. The summed E-state index contributed by atoms with van der Waals surface area (Å²) in [7, 11) is -2.55. The van der Waals surface area contributed by atoms with Crippen molar-refractivity contribution in [3.8, 4) is 11.5 Å². The molecule has 0 amide bonds. The van der Waals surface area contributed by atoms with Gasteiger partial charge in [-0.05, 0) is 34.5 Å². The Morgan fingerprint density at radius 1 is 0.769 bits per heavy atom.